The van der Waals surface area contributed by atoms with Crippen molar-refractivity contribution in [3.05, 3.63) is 71.8 Å². The van der Waals surface area contributed by atoms with Gasteiger partial charge in [-0.25, -0.2) is 0 Å². The highest BCUT2D eigenvalue weighted by Crippen LogP contribution is 2.36. The van der Waals surface area contributed by atoms with Crippen LogP contribution in [0.4, 0.5) is 0 Å². The molecule has 1 saturated heterocycles. The topological polar surface area (TPSA) is 50.5 Å². The molecule has 29 heavy (non-hydrogen) atoms. The van der Waals surface area contributed by atoms with E-state index in [1.807, 2.05) is 60.7 Å². The third-order valence-corrected chi connectivity index (χ3v) is 7.00. The van der Waals surface area contributed by atoms with Gasteiger partial charge in [0.2, 0.25) is 0 Å². The molecule has 0 aliphatic carbocycles. The van der Waals surface area contributed by atoms with Gasteiger partial charge < -0.3 is 10.0 Å². The molecule has 1 fully saturated rings. The van der Waals surface area contributed by atoms with Gasteiger partial charge in [-0.2, -0.15) is 5.26 Å². The second-order valence-electron chi connectivity index (χ2n) is 7.17. The number of thioether (sulfide) groups is 1. The van der Waals surface area contributed by atoms with Crippen LogP contribution < -0.4 is 0 Å². The van der Waals surface area contributed by atoms with Gasteiger partial charge in [-0.3, -0.25) is 4.90 Å². The normalized spacial score (nSPS) is 15.1. The van der Waals surface area contributed by atoms with Gasteiger partial charge in [0.15, 0.2) is 0 Å². The third-order valence-electron chi connectivity index (χ3n) is 5.47. The first-order valence-electron chi connectivity index (χ1n) is 9.97. The Morgan fingerprint density at radius 1 is 1.00 bits per heavy atom. The number of nitrogens with zero attached hydrogens (tertiary/aromatic N) is 3. The molecule has 1 N–H and O–H groups in total. The molecule has 0 unspecified atom stereocenters. The Kier molecular flexibility index (Phi) is 8.08. The molecule has 1 aliphatic rings. The van der Waals surface area contributed by atoms with Crippen molar-refractivity contribution >= 4 is 28.3 Å². The predicted molar refractivity (Wildman–Crippen MR) is 124 cm³/mol. The summed E-state index contributed by atoms with van der Waals surface area (Å²) in [4.78, 5) is 4.50. The molecule has 2 aromatic carbocycles. The fourth-order valence-corrected chi connectivity index (χ4v) is 5.14. The molecule has 0 radical (unpaired) electrons. The summed E-state index contributed by atoms with van der Waals surface area (Å²) in [6, 6.07) is 22.7. The molecule has 152 valence electrons. The van der Waals surface area contributed by atoms with Crippen molar-refractivity contribution in [2.45, 2.75) is 11.8 Å². The van der Waals surface area contributed by atoms with E-state index in [0.717, 1.165) is 53.9 Å². The largest absolute Gasteiger partial charge is 0.395 e. The van der Waals surface area contributed by atoms with Crippen LogP contribution in [-0.2, 0) is 5.41 Å². The number of β-amino-alcohol motifs (C(OH)–C–C–N with tert-alkyl or cyclic N) is 1. The summed E-state index contributed by atoms with van der Waals surface area (Å²) in [7, 11) is 0. The summed E-state index contributed by atoms with van der Waals surface area (Å²) >= 11 is 7.34. The summed E-state index contributed by atoms with van der Waals surface area (Å²) in [5.41, 5.74) is 1.38. The fourth-order valence-electron chi connectivity index (χ4n) is 3.76. The number of hydrogen-bond acceptors (Lipinski definition) is 5. The van der Waals surface area contributed by atoms with E-state index in [1.54, 1.807) is 11.8 Å². The average Bonchev–Trinajstić information content (AvgIpc) is 2.79. The van der Waals surface area contributed by atoms with Crippen LogP contribution in [-0.4, -0.2) is 64.3 Å². The summed E-state index contributed by atoms with van der Waals surface area (Å²) < 4.78 is 0.904. The van der Waals surface area contributed by atoms with Gasteiger partial charge in [-0.05, 0) is 17.5 Å². The quantitative estimate of drug-likeness (QED) is 0.685. The van der Waals surface area contributed by atoms with E-state index in [-0.39, 0.29) is 6.61 Å². The van der Waals surface area contributed by atoms with Crippen molar-refractivity contribution in [1.82, 2.24) is 9.80 Å². The number of benzene rings is 2. The van der Waals surface area contributed by atoms with E-state index in [4.69, 9.17) is 17.3 Å². The Morgan fingerprint density at radius 3 is 2.03 bits per heavy atom. The van der Waals surface area contributed by atoms with Crippen molar-refractivity contribution < 1.29 is 5.11 Å². The minimum atomic E-state index is -0.676. The first-order valence-corrected chi connectivity index (χ1v) is 11.4. The molecule has 0 amide bonds. The lowest BCUT2D eigenvalue weighted by Gasteiger charge is -2.35. The minimum absolute atomic E-state index is 0.203. The summed E-state index contributed by atoms with van der Waals surface area (Å²) in [5, 5.41) is 19.3. The van der Waals surface area contributed by atoms with Gasteiger partial charge in [-0.1, -0.05) is 84.6 Å². The lowest BCUT2D eigenvalue weighted by molar-refractivity contribution is 0.149. The van der Waals surface area contributed by atoms with E-state index >= 15 is 0 Å². The van der Waals surface area contributed by atoms with E-state index in [0.29, 0.717) is 6.42 Å². The summed E-state index contributed by atoms with van der Waals surface area (Å²) in [5.74, 6) is 0.785. The van der Waals surface area contributed by atoms with Gasteiger partial charge in [0.1, 0.15) is 9.74 Å². The molecular formula is C23H27N3OS2. The second kappa shape index (κ2) is 10.7. The first-order chi connectivity index (χ1) is 14.2. The van der Waals surface area contributed by atoms with Gasteiger partial charge in [0.05, 0.1) is 12.7 Å². The van der Waals surface area contributed by atoms with Gasteiger partial charge >= 0.3 is 0 Å². The zero-order valence-corrected chi connectivity index (χ0v) is 18.2. The van der Waals surface area contributed by atoms with Gasteiger partial charge in [0, 0.05) is 38.5 Å². The van der Waals surface area contributed by atoms with Crippen molar-refractivity contribution in [3.63, 3.8) is 0 Å². The molecule has 0 atom stereocenters. The Hall–Kier alpha value is -1.91. The number of nitriles is 1. The number of piperazine rings is 1. The molecule has 2 aromatic rings. The van der Waals surface area contributed by atoms with E-state index in [2.05, 4.69) is 15.9 Å². The monoisotopic (exact) mass is 425 g/mol. The molecule has 0 saturated carbocycles. The number of hydrogen-bond donors (Lipinski definition) is 1. The first kappa shape index (κ1) is 21.8. The van der Waals surface area contributed by atoms with Crippen molar-refractivity contribution in [2.75, 3.05) is 45.1 Å². The van der Waals surface area contributed by atoms with Crippen LogP contribution in [0.2, 0.25) is 0 Å². The Labute approximate surface area is 183 Å². The number of aliphatic hydroxyl groups excluding tert-OH is 1. The van der Waals surface area contributed by atoms with E-state index in [9.17, 15) is 5.26 Å². The minimum Gasteiger partial charge on any atom is -0.395 e. The third kappa shape index (κ3) is 5.37. The highest BCUT2D eigenvalue weighted by atomic mass is 32.2. The molecule has 0 aromatic heterocycles. The highest BCUT2D eigenvalue weighted by Gasteiger charge is 2.34. The Morgan fingerprint density at radius 2 is 1.55 bits per heavy atom. The molecular weight excluding hydrogens is 398 g/mol. The fraction of sp³-hybridized carbons (Fsp3) is 0.391. The Bertz CT molecular complexity index is 776. The summed E-state index contributed by atoms with van der Waals surface area (Å²) in [6.45, 7) is 4.58. The van der Waals surface area contributed by atoms with Crippen molar-refractivity contribution in [3.8, 4) is 6.07 Å². The second-order valence-corrected chi connectivity index (χ2v) is 8.89. The van der Waals surface area contributed by atoms with Crippen LogP contribution >= 0.6 is 24.0 Å². The van der Waals surface area contributed by atoms with E-state index < -0.39 is 5.41 Å². The number of thiocarbonyl (C=S) groups is 1. The maximum absolute atomic E-state index is 10.2. The molecule has 1 heterocycles. The van der Waals surface area contributed by atoms with Crippen LogP contribution in [0.1, 0.15) is 17.5 Å². The molecule has 1 aliphatic heterocycles. The van der Waals surface area contributed by atoms with Gasteiger partial charge in [0.25, 0.3) is 0 Å². The zero-order valence-electron chi connectivity index (χ0n) is 16.5. The maximum Gasteiger partial charge on any atom is 0.136 e. The summed E-state index contributed by atoms with van der Waals surface area (Å²) in [6.07, 6.45) is 0.701. The number of aliphatic hydroxyl groups is 1. The number of rotatable bonds is 7. The molecule has 0 spiro atoms. The SMILES string of the molecule is N#CC(CCSC(=S)N1CCN(CCO)CC1)(c1ccccc1)c1ccccc1. The zero-order chi connectivity index (χ0) is 20.5. The lowest BCUT2D eigenvalue weighted by Crippen LogP contribution is -2.48. The molecule has 0 bridgehead atoms. The maximum atomic E-state index is 10.2. The van der Waals surface area contributed by atoms with E-state index in [1.165, 1.54) is 0 Å². The standard InChI is InChI=1S/C23H27N3OS2/c24-19-23(20-7-3-1-4-8-20,21-9-5-2-6-10-21)11-18-29-22(28)26-14-12-25(13-15-26)16-17-27/h1-10,27H,11-18H2. The van der Waals surface area contributed by atoms with Gasteiger partial charge in [-0.15, -0.1) is 0 Å². The van der Waals surface area contributed by atoms with Crippen molar-refractivity contribution in [1.29, 1.82) is 5.26 Å². The average molecular weight is 426 g/mol. The Balaban J connectivity index is 1.66. The van der Waals surface area contributed by atoms with Crippen molar-refractivity contribution in [2.24, 2.45) is 0 Å². The predicted octanol–water partition coefficient (Wildman–Crippen LogP) is 3.51. The lowest BCUT2D eigenvalue weighted by atomic mass is 9.74. The molecule has 3 rings (SSSR count). The molecule has 6 heteroatoms. The molecule has 4 nitrogen and oxygen atoms in total. The van der Waals surface area contributed by atoms with Crippen LogP contribution in [0.3, 0.4) is 0 Å². The smallest absolute Gasteiger partial charge is 0.136 e. The van der Waals surface area contributed by atoms with Crippen LogP contribution in [0.5, 0.6) is 0 Å². The van der Waals surface area contributed by atoms with Crippen LogP contribution in [0, 0.1) is 11.3 Å². The van der Waals surface area contributed by atoms with Crippen LogP contribution in [0.15, 0.2) is 60.7 Å². The highest BCUT2D eigenvalue weighted by molar-refractivity contribution is 8.22. The van der Waals surface area contributed by atoms with Crippen LogP contribution in [0.25, 0.3) is 0 Å².